The number of ketones is 1. The van der Waals surface area contributed by atoms with Crippen LogP contribution in [0.1, 0.15) is 20.8 Å². The summed E-state index contributed by atoms with van der Waals surface area (Å²) in [5.74, 6) is -5.42. The van der Waals surface area contributed by atoms with Crippen LogP contribution in [0.5, 0.6) is 0 Å². The van der Waals surface area contributed by atoms with Crippen LogP contribution in [0.25, 0.3) is 0 Å². The van der Waals surface area contributed by atoms with Crippen LogP contribution in [-0.2, 0) is 19.2 Å². The van der Waals surface area contributed by atoms with Crippen LogP contribution < -0.4 is 16.2 Å². The second-order valence-electron chi connectivity index (χ2n) is 5.16. The topological polar surface area (TPSA) is 131 Å². The molecule has 4 N–H and O–H groups in total. The molecule has 0 aromatic carbocycles. The number of halogens is 3. The van der Waals surface area contributed by atoms with Gasteiger partial charge >= 0.3 is 6.18 Å². The fourth-order valence-electron chi connectivity index (χ4n) is 1.63. The molecule has 1 aliphatic heterocycles. The molecule has 126 valence electrons. The second kappa shape index (κ2) is 7.34. The smallest absolute Gasteiger partial charge is 0.430 e. The quantitative estimate of drug-likeness (QED) is 0.459. The predicted octanol–water partition coefficient (Wildman–Crippen LogP) is -1.97. The van der Waals surface area contributed by atoms with Gasteiger partial charge in [0.1, 0.15) is 17.9 Å². The zero-order valence-corrected chi connectivity index (χ0v) is 12.2. The summed E-state index contributed by atoms with van der Waals surface area (Å²) >= 11 is 0. The molecule has 22 heavy (non-hydrogen) atoms. The van der Waals surface area contributed by atoms with Gasteiger partial charge < -0.3 is 15.6 Å². The molecule has 0 aliphatic carbocycles. The standard InChI is InChI=1S/C10H16N2O3.C2HF3O2/c1-4(2)7(11)8(13)6-5(3)9(14)12-10(6)15;3-2(4,5)1(6)7/h4-7H,11H2,1-3H3,(H,12,14,15);(H,6,7)/t5-,6+,7-;/m0./s1. The Morgan fingerprint density at radius 2 is 1.64 bits per heavy atom. The number of rotatable bonds is 3. The molecule has 1 rings (SSSR count). The van der Waals surface area contributed by atoms with Crippen molar-refractivity contribution in [2.45, 2.75) is 33.0 Å². The molecule has 1 saturated heterocycles. The number of hydrogen-bond donors (Lipinski definition) is 2. The third-order valence-electron chi connectivity index (χ3n) is 3.15. The molecule has 0 aromatic heterocycles. The number of quaternary nitrogens is 1. The minimum absolute atomic E-state index is 0.0770. The maximum Gasteiger partial charge on any atom is 0.430 e. The predicted molar refractivity (Wildman–Crippen MR) is 63.4 cm³/mol. The zero-order chi connectivity index (χ0) is 17.8. The van der Waals surface area contributed by atoms with Gasteiger partial charge in [-0.1, -0.05) is 20.8 Å². The zero-order valence-electron chi connectivity index (χ0n) is 12.2. The summed E-state index contributed by atoms with van der Waals surface area (Å²) in [6.07, 6.45) is -5.19. The minimum atomic E-state index is -5.19. The number of nitrogens with one attached hydrogen (secondary N) is 1. The molecular formula is C12H17F3N2O5. The summed E-state index contributed by atoms with van der Waals surface area (Å²) < 4.78 is 31.5. The van der Waals surface area contributed by atoms with E-state index in [-0.39, 0.29) is 17.6 Å². The third-order valence-corrected chi connectivity index (χ3v) is 3.15. The van der Waals surface area contributed by atoms with Crippen LogP contribution in [0.4, 0.5) is 13.2 Å². The van der Waals surface area contributed by atoms with Crippen molar-refractivity contribution in [3.63, 3.8) is 0 Å². The molecule has 0 bridgehead atoms. The normalized spacial score (nSPS) is 22.7. The van der Waals surface area contributed by atoms with Gasteiger partial charge in [-0.15, -0.1) is 0 Å². The summed E-state index contributed by atoms with van der Waals surface area (Å²) in [4.78, 5) is 43.2. The van der Waals surface area contributed by atoms with Crippen LogP contribution in [0.15, 0.2) is 0 Å². The molecule has 0 unspecified atom stereocenters. The number of carbonyl (C=O) groups is 4. The molecule has 0 aromatic rings. The lowest BCUT2D eigenvalue weighted by Gasteiger charge is -2.15. The molecular weight excluding hydrogens is 309 g/mol. The Hall–Kier alpha value is -1.97. The molecule has 0 saturated carbocycles. The average Bonchev–Trinajstić information content (AvgIpc) is 2.61. The first-order valence-electron chi connectivity index (χ1n) is 6.30. The van der Waals surface area contributed by atoms with Gasteiger partial charge in [-0.3, -0.25) is 19.7 Å². The van der Waals surface area contributed by atoms with Gasteiger partial charge in [0.15, 0.2) is 0 Å². The Morgan fingerprint density at radius 1 is 1.23 bits per heavy atom. The van der Waals surface area contributed by atoms with Gasteiger partial charge in [-0.2, -0.15) is 13.2 Å². The Morgan fingerprint density at radius 3 is 1.86 bits per heavy atom. The minimum Gasteiger partial charge on any atom is -0.542 e. The number of carbonyl (C=O) groups excluding carboxylic acids is 4. The van der Waals surface area contributed by atoms with Crippen molar-refractivity contribution in [1.82, 2.24) is 5.32 Å². The van der Waals surface area contributed by atoms with E-state index in [1.807, 2.05) is 13.8 Å². The van der Waals surface area contributed by atoms with Gasteiger partial charge in [-0.05, 0) is 0 Å². The average molecular weight is 326 g/mol. The van der Waals surface area contributed by atoms with Crippen LogP contribution in [0.2, 0.25) is 0 Å². The van der Waals surface area contributed by atoms with Crippen molar-refractivity contribution in [1.29, 1.82) is 0 Å². The lowest BCUT2D eigenvalue weighted by molar-refractivity contribution is -0.414. The fraction of sp³-hybridized carbons (Fsp3) is 0.667. The molecule has 1 aliphatic rings. The third kappa shape index (κ3) is 5.10. The first kappa shape index (κ1) is 20.0. The molecule has 1 heterocycles. The van der Waals surface area contributed by atoms with E-state index in [4.69, 9.17) is 9.90 Å². The summed E-state index contributed by atoms with van der Waals surface area (Å²) in [5.41, 5.74) is 3.74. The van der Waals surface area contributed by atoms with Gasteiger partial charge in [0.2, 0.25) is 17.6 Å². The number of carboxylic acids is 1. The molecule has 0 radical (unpaired) electrons. The van der Waals surface area contributed by atoms with E-state index in [9.17, 15) is 27.6 Å². The highest BCUT2D eigenvalue weighted by Gasteiger charge is 2.46. The van der Waals surface area contributed by atoms with Crippen LogP contribution in [0.3, 0.4) is 0 Å². The number of aliphatic carboxylic acids is 1. The van der Waals surface area contributed by atoms with Crippen molar-refractivity contribution in [3.05, 3.63) is 0 Å². The largest absolute Gasteiger partial charge is 0.542 e. The Balaban J connectivity index is 0.000000534. The highest BCUT2D eigenvalue weighted by atomic mass is 19.4. The fourth-order valence-corrected chi connectivity index (χ4v) is 1.63. The van der Waals surface area contributed by atoms with E-state index in [2.05, 4.69) is 11.1 Å². The maximum atomic E-state index is 11.9. The summed E-state index contributed by atoms with van der Waals surface area (Å²) in [7, 11) is 0. The maximum absolute atomic E-state index is 11.9. The lowest BCUT2D eigenvalue weighted by atomic mass is 9.85. The van der Waals surface area contributed by atoms with Gasteiger partial charge in [0, 0.05) is 5.92 Å². The van der Waals surface area contributed by atoms with E-state index in [0.717, 1.165) is 0 Å². The number of amides is 2. The molecule has 0 spiro atoms. The molecule has 10 heteroatoms. The summed E-state index contributed by atoms with van der Waals surface area (Å²) in [5, 5.41) is 10.9. The first-order chi connectivity index (χ1) is 9.80. The van der Waals surface area contributed by atoms with E-state index >= 15 is 0 Å². The number of alkyl halides is 3. The number of Topliss-reactive ketones (excluding diaryl/α,β-unsaturated/α-hetero) is 1. The van der Waals surface area contributed by atoms with E-state index in [0.29, 0.717) is 0 Å². The Bertz CT molecular complexity index is 476. The molecule has 2 amide bonds. The van der Waals surface area contributed by atoms with Crippen LogP contribution in [0, 0.1) is 17.8 Å². The van der Waals surface area contributed by atoms with E-state index in [1.165, 1.54) is 0 Å². The summed E-state index contributed by atoms with van der Waals surface area (Å²) in [6.45, 7) is 5.33. The second-order valence-corrected chi connectivity index (χ2v) is 5.16. The molecule has 3 atom stereocenters. The van der Waals surface area contributed by atoms with Crippen molar-refractivity contribution in [2.75, 3.05) is 0 Å². The highest BCUT2D eigenvalue weighted by molar-refractivity contribution is 6.16. The van der Waals surface area contributed by atoms with Crippen molar-refractivity contribution in [2.24, 2.45) is 17.8 Å². The number of hydrogen-bond acceptors (Lipinski definition) is 5. The van der Waals surface area contributed by atoms with Crippen molar-refractivity contribution >= 4 is 23.6 Å². The monoisotopic (exact) mass is 326 g/mol. The number of carboxylic acid groups (broad SMARTS) is 1. The van der Waals surface area contributed by atoms with Gasteiger partial charge in [0.25, 0.3) is 0 Å². The Labute approximate surface area is 124 Å². The lowest BCUT2D eigenvalue weighted by Crippen LogP contribution is -2.69. The van der Waals surface area contributed by atoms with Gasteiger partial charge in [-0.25, -0.2) is 0 Å². The van der Waals surface area contributed by atoms with Crippen LogP contribution >= 0.6 is 0 Å². The first-order valence-corrected chi connectivity index (χ1v) is 6.30. The van der Waals surface area contributed by atoms with Crippen LogP contribution in [-0.4, -0.2) is 35.8 Å². The van der Waals surface area contributed by atoms with Crippen molar-refractivity contribution < 1.29 is 43.2 Å². The molecule has 1 fully saturated rings. The Kier molecular flexibility index (Phi) is 6.68. The SMILES string of the molecule is CC(C)[C@H]([NH3+])C(=O)[C@@H]1C(=O)NC(=O)[C@H]1C.O=C([O-])C(F)(F)F. The van der Waals surface area contributed by atoms with Crippen molar-refractivity contribution in [3.8, 4) is 0 Å². The van der Waals surface area contributed by atoms with E-state index < -0.39 is 35.9 Å². The number of imide groups is 1. The van der Waals surface area contributed by atoms with Gasteiger partial charge in [0.05, 0.1) is 5.92 Å². The summed E-state index contributed by atoms with van der Waals surface area (Å²) in [6, 6.07) is -0.436. The van der Waals surface area contributed by atoms with E-state index in [1.54, 1.807) is 6.92 Å². The molecule has 7 nitrogen and oxygen atoms in total. The highest BCUT2D eigenvalue weighted by Crippen LogP contribution is 2.21.